The summed E-state index contributed by atoms with van der Waals surface area (Å²) in [6.45, 7) is 3.08. The highest BCUT2D eigenvalue weighted by Gasteiger charge is 2.31. The molecule has 0 aliphatic carbocycles. The fraction of sp³-hybridized carbons (Fsp3) is 0.278. The van der Waals surface area contributed by atoms with Gasteiger partial charge < -0.3 is 23.3 Å². The van der Waals surface area contributed by atoms with Crippen molar-refractivity contribution in [1.82, 2.24) is 0 Å². The number of carbonyl (C=O) groups is 2. The van der Waals surface area contributed by atoms with Crippen LogP contribution in [0, 0.1) is 0 Å². The molecule has 0 amide bonds. The van der Waals surface area contributed by atoms with Crippen LogP contribution in [-0.4, -0.2) is 48.3 Å². The minimum absolute atomic E-state index is 0.0451. The topological polar surface area (TPSA) is 156 Å². The van der Waals surface area contributed by atoms with E-state index in [0.29, 0.717) is 16.3 Å². The predicted octanol–water partition coefficient (Wildman–Crippen LogP) is 1.37. The first-order chi connectivity index (χ1) is 13.9. The molecule has 0 bridgehead atoms. The van der Waals surface area contributed by atoms with Crippen LogP contribution in [0.25, 0.3) is 0 Å². The Hall–Kier alpha value is -2.73. The lowest BCUT2D eigenvalue weighted by Crippen LogP contribution is -2.40. The van der Waals surface area contributed by atoms with Gasteiger partial charge in [-0.1, -0.05) is 11.6 Å². The normalized spacial score (nSPS) is 11.0. The van der Waals surface area contributed by atoms with E-state index in [1.165, 1.54) is 6.20 Å². The van der Waals surface area contributed by atoms with Crippen LogP contribution in [-0.2, 0) is 24.7 Å². The average Bonchev–Trinajstić information content (AvgIpc) is 2.66. The van der Waals surface area contributed by atoms with Crippen molar-refractivity contribution in [2.45, 2.75) is 19.4 Å². The van der Waals surface area contributed by atoms with Crippen molar-refractivity contribution in [3.8, 4) is 5.75 Å². The van der Waals surface area contributed by atoms with Crippen LogP contribution in [0.4, 0.5) is 0 Å². The Morgan fingerprint density at radius 3 is 2.17 bits per heavy atom. The van der Waals surface area contributed by atoms with Crippen molar-refractivity contribution in [2.24, 2.45) is 0 Å². The fourth-order valence-electron chi connectivity index (χ4n) is 1.89. The van der Waals surface area contributed by atoms with E-state index in [2.05, 4.69) is 4.98 Å². The smallest absolute Gasteiger partial charge is 0.350 e. The summed E-state index contributed by atoms with van der Waals surface area (Å²) in [7, 11) is -5.17. The van der Waals surface area contributed by atoms with Gasteiger partial charge in [-0.25, -0.2) is 14.6 Å². The molecule has 12 heteroatoms. The van der Waals surface area contributed by atoms with E-state index < -0.39 is 27.9 Å². The first-order valence-electron chi connectivity index (χ1n) is 8.30. The lowest BCUT2D eigenvalue weighted by atomic mass is 10.1. The molecule has 0 atom stereocenters. The molecular weight excluding hydrogens is 442 g/mol. The summed E-state index contributed by atoms with van der Waals surface area (Å²) in [4.78, 5) is 26.7. The highest BCUT2D eigenvalue weighted by Crippen LogP contribution is 2.21. The summed E-state index contributed by atoms with van der Waals surface area (Å²) in [5.41, 5.74) is -0.799. The van der Waals surface area contributed by atoms with Gasteiger partial charge in [-0.3, -0.25) is 8.42 Å². The van der Waals surface area contributed by atoms with Crippen molar-refractivity contribution in [3.05, 3.63) is 59.4 Å². The summed E-state index contributed by atoms with van der Waals surface area (Å²) < 4.78 is 49.8. The van der Waals surface area contributed by atoms with Gasteiger partial charge in [-0.15, -0.1) is 0 Å². The first kappa shape index (κ1) is 25.3. The van der Waals surface area contributed by atoms with Crippen molar-refractivity contribution < 1.29 is 46.3 Å². The second-order valence-electron chi connectivity index (χ2n) is 6.04. The van der Waals surface area contributed by atoms with Crippen LogP contribution >= 0.6 is 11.6 Å². The SMILES string of the molecule is CC(C)(Oc1ccc(Cl)cc1)C(=O)OCCOC(=O)c1ccc[nH+]c1.O=S(=O)([O-])[O-]. The number of ether oxygens (including phenoxy) is 3. The number of H-pyrrole nitrogens is 1. The molecule has 1 aromatic heterocycles. The van der Waals surface area contributed by atoms with Crippen molar-refractivity contribution in [3.63, 3.8) is 0 Å². The molecule has 30 heavy (non-hydrogen) atoms. The number of esters is 2. The Balaban J connectivity index is 0.000000804. The number of aromatic nitrogens is 1. The van der Waals surface area contributed by atoms with E-state index in [9.17, 15) is 9.59 Å². The fourth-order valence-corrected chi connectivity index (χ4v) is 2.01. The number of nitrogens with one attached hydrogen (secondary N) is 1. The molecule has 1 N–H and O–H groups in total. The molecule has 164 valence electrons. The van der Waals surface area contributed by atoms with Crippen LogP contribution in [0.2, 0.25) is 5.02 Å². The molecule has 0 radical (unpaired) electrons. The van der Waals surface area contributed by atoms with Crippen molar-refractivity contribution >= 4 is 33.9 Å². The summed E-state index contributed by atoms with van der Waals surface area (Å²) in [5.74, 6) is -0.561. The largest absolute Gasteiger partial charge is 0.759 e. The molecule has 2 aromatic rings. The molecular formula is C18H19ClNO9S-. The number of hydrogen-bond acceptors (Lipinski definition) is 9. The zero-order valence-corrected chi connectivity index (χ0v) is 17.6. The highest BCUT2D eigenvalue weighted by molar-refractivity contribution is 7.79. The lowest BCUT2D eigenvalue weighted by Gasteiger charge is -2.24. The Morgan fingerprint density at radius 1 is 1.07 bits per heavy atom. The minimum atomic E-state index is -5.17. The van der Waals surface area contributed by atoms with Gasteiger partial charge in [-0.2, -0.15) is 0 Å². The van der Waals surface area contributed by atoms with Crippen LogP contribution < -0.4 is 9.72 Å². The molecule has 0 unspecified atom stereocenters. The van der Waals surface area contributed by atoms with E-state index >= 15 is 0 Å². The van der Waals surface area contributed by atoms with Gasteiger partial charge in [-0.05, 0) is 44.2 Å². The van der Waals surface area contributed by atoms with Crippen LogP contribution in [0.5, 0.6) is 5.75 Å². The number of rotatable bonds is 7. The summed E-state index contributed by atoms with van der Waals surface area (Å²) >= 11 is 5.81. The molecule has 0 saturated carbocycles. The third-order valence-corrected chi connectivity index (χ3v) is 3.42. The predicted molar refractivity (Wildman–Crippen MR) is 101 cm³/mol. The van der Waals surface area contributed by atoms with E-state index in [1.54, 1.807) is 56.4 Å². The Bertz CT molecular complexity index is 924. The van der Waals surface area contributed by atoms with E-state index in [0.717, 1.165) is 0 Å². The first-order valence-corrected chi connectivity index (χ1v) is 10.0. The van der Waals surface area contributed by atoms with E-state index in [1.807, 2.05) is 0 Å². The summed E-state index contributed by atoms with van der Waals surface area (Å²) in [6.07, 6.45) is 3.21. The maximum Gasteiger partial charge on any atom is 0.350 e. The molecule has 10 nitrogen and oxygen atoms in total. The van der Waals surface area contributed by atoms with Crippen LogP contribution in [0.1, 0.15) is 24.2 Å². The van der Waals surface area contributed by atoms with Crippen molar-refractivity contribution in [1.29, 1.82) is 0 Å². The lowest BCUT2D eigenvalue weighted by molar-refractivity contribution is -0.378. The quantitative estimate of drug-likeness (QED) is 0.257. The zero-order valence-electron chi connectivity index (χ0n) is 16.0. The van der Waals surface area contributed by atoms with Gasteiger partial charge in [0.25, 0.3) is 0 Å². The van der Waals surface area contributed by atoms with E-state index in [4.69, 9.17) is 43.3 Å². The highest BCUT2D eigenvalue weighted by atomic mass is 35.5. The maximum atomic E-state index is 12.1. The maximum absolute atomic E-state index is 12.1. The molecule has 0 spiro atoms. The van der Waals surface area contributed by atoms with Gasteiger partial charge in [0.05, 0.1) is 0 Å². The number of benzene rings is 1. The molecule has 1 aromatic carbocycles. The van der Waals surface area contributed by atoms with Crippen molar-refractivity contribution in [2.75, 3.05) is 13.2 Å². The van der Waals surface area contributed by atoms with Gasteiger partial charge in [0.15, 0.2) is 18.0 Å². The van der Waals surface area contributed by atoms with Gasteiger partial charge in [0.2, 0.25) is 0 Å². The molecule has 1 heterocycles. The Labute approximate surface area is 178 Å². The second kappa shape index (κ2) is 11.5. The molecule has 0 aliphatic rings. The number of halogens is 1. The summed E-state index contributed by atoms with van der Waals surface area (Å²) in [6, 6.07) is 9.96. The third-order valence-electron chi connectivity index (χ3n) is 3.17. The summed E-state index contributed by atoms with van der Waals surface area (Å²) in [5, 5.41) is 0.575. The van der Waals surface area contributed by atoms with Crippen LogP contribution in [0.3, 0.4) is 0 Å². The molecule has 0 aliphatic heterocycles. The standard InChI is InChI=1S/C18H18ClNO5.H2O4S/c1-18(2,25-15-7-5-14(19)6-8-15)17(22)24-11-10-23-16(21)13-4-3-9-20-12-13;1-5(2,3)4/h3-9,12H,10-11H2,1-2H3;(H2,1,2,3,4)/p-1. The number of carbonyl (C=O) groups excluding carboxylic acids is 2. The Kier molecular flexibility index (Phi) is 9.66. The monoisotopic (exact) mass is 460 g/mol. The number of hydrogen-bond donors (Lipinski definition) is 0. The second-order valence-corrected chi connectivity index (χ2v) is 7.29. The van der Waals surface area contributed by atoms with Gasteiger partial charge >= 0.3 is 11.9 Å². The zero-order chi connectivity index (χ0) is 22.8. The number of pyridine rings is 1. The van der Waals surface area contributed by atoms with E-state index in [-0.39, 0.29) is 13.2 Å². The molecule has 0 fully saturated rings. The van der Waals surface area contributed by atoms with Gasteiger partial charge in [0.1, 0.15) is 24.5 Å². The molecule has 2 rings (SSSR count). The Morgan fingerprint density at radius 2 is 1.63 bits per heavy atom. The average molecular weight is 461 g/mol. The minimum Gasteiger partial charge on any atom is -0.759 e. The number of aromatic amines is 1. The van der Waals surface area contributed by atoms with Gasteiger partial charge in [0, 0.05) is 21.5 Å². The van der Waals surface area contributed by atoms with Crippen LogP contribution in [0.15, 0.2) is 48.8 Å². The third kappa shape index (κ3) is 10.7. The molecule has 0 saturated heterocycles.